The number of benzene rings is 1. The molecule has 0 bridgehead atoms. The molecule has 1 nitrogen and oxygen atoms in total. The molecule has 0 saturated heterocycles. The van der Waals surface area contributed by atoms with Crippen molar-refractivity contribution >= 4 is 33.6 Å². The molecule has 1 atom stereocenters. The van der Waals surface area contributed by atoms with Crippen LogP contribution in [0.1, 0.15) is 42.7 Å². The molecule has 2 heteroatoms. The summed E-state index contributed by atoms with van der Waals surface area (Å²) in [6, 6.07) is 6.81. The van der Waals surface area contributed by atoms with Gasteiger partial charge < -0.3 is 5.73 Å². The summed E-state index contributed by atoms with van der Waals surface area (Å²) in [6.45, 7) is 6.50. The molecular weight excluding hydrogens is 250 g/mol. The maximum Gasteiger partial charge on any atom is 0.0503 e. The predicted molar refractivity (Wildman–Crippen MR) is 86.6 cm³/mol. The van der Waals surface area contributed by atoms with Crippen LogP contribution in [0.4, 0.5) is 0 Å². The average Bonchev–Trinajstić information content (AvgIpc) is 2.63. The SMILES string of the molecule is CC(C)c1ccc2sc3c(c2c1)C=CC(C)(N)C=C3. The van der Waals surface area contributed by atoms with E-state index in [0.717, 1.165) is 0 Å². The lowest BCUT2D eigenvalue weighted by molar-refractivity contribution is 0.743. The monoisotopic (exact) mass is 269 g/mol. The third-order valence-corrected chi connectivity index (χ3v) is 4.80. The fourth-order valence-corrected chi connectivity index (χ4v) is 3.46. The van der Waals surface area contributed by atoms with Crippen LogP contribution in [0.25, 0.3) is 22.2 Å². The first-order chi connectivity index (χ1) is 8.96. The summed E-state index contributed by atoms with van der Waals surface area (Å²) >= 11 is 1.84. The number of hydrogen-bond acceptors (Lipinski definition) is 2. The number of fused-ring (bicyclic) bond motifs is 3. The van der Waals surface area contributed by atoms with Gasteiger partial charge in [-0.15, -0.1) is 11.3 Å². The van der Waals surface area contributed by atoms with Crippen molar-refractivity contribution in [3.05, 3.63) is 46.4 Å². The van der Waals surface area contributed by atoms with Gasteiger partial charge in [-0.25, -0.2) is 0 Å². The molecule has 0 spiro atoms. The van der Waals surface area contributed by atoms with Gasteiger partial charge in [0.15, 0.2) is 0 Å². The standard InChI is InChI=1S/C17H19NS/c1-11(2)12-4-5-15-14(10-12)13-6-8-17(3,18)9-7-16(13)19-15/h4-11H,18H2,1-3H3. The summed E-state index contributed by atoms with van der Waals surface area (Å²) in [4.78, 5) is 1.31. The highest BCUT2D eigenvalue weighted by molar-refractivity contribution is 7.20. The number of thiophene rings is 1. The van der Waals surface area contributed by atoms with Gasteiger partial charge in [0.05, 0.1) is 5.54 Å². The Morgan fingerprint density at radius 2 is 1.89 bits per heavy atom. The van der Waals surface area contributed by atoms with Crippen LogP contribution in [0.3, 0.4) is 0 Å². The third-order valence-electron chi connectivity index (χ3n) is 3.65. The van der Waals surface area contributed by atoms with Gasteiger partial charge >= 0.3 is 0 Å². The maximum absolute atomic E-state index is 6.17. The normalized spacial score (nSPS) is 21.9. The smallest absolute Gasteiger partial charge is 0.0503 e. The summed E-state index contributed by atoms with van der Waals surface area (Å²) in [6.07, 6.45) is 8.50. The van der Waals surface area contributed by atoms with E-state index in [1.54, 1.807) is 0 Å². The number of nitrogens with two attached hydrogens (primary N) is 1. The maximum atomic E-state index is 6.17. The fourth-order valence-electron chi connectivity index (χ4n) is 2.38. The van der Waals surface area contributed by atoms with Gasteiger partial charge in [0, 0.05) is 20.5 Å². The van der Waals surface area contributed by atoms with Crippen molar-refractivity contribution in [3.8, 4) is 0 Å². The molecule has 1 aromatic carbocycles. The second kappa shape index (κ2) is 4.32. The largest absolute Gasteiger partial charge is 0.319 e. The van der Waals surface area contributed by atoms with Crippen molar-refractivity contribution in [1.29, 1.82) is 0 Å². The lowest BCUT2D eigenvalue weighted by Gasteiger charge is -2.12. The summed E-state index contributed by atoms with van der Waals surface area (Å²) < 4.78 is 1.35. The molecule has 19 heavy (non-hydrogen) atoms. The Bertz CT molecular complexity index is 687. The van der Waals surface area contributed by atoms with Crippen LogP contribution >= 0.6 is 11.3 Å². The predicted octanol–water partition coefficient (Wildman–Crippen LogP) is 4.78. The van der Waals surface area contributed by atoms with Gasteiger partial charge in [0.1, 0.15) is 0 Å². The van der Waals surface area contributed by atoms with Crippen LogP contribution in [-0.2, 0) is 0 Å². The van der Waals surface area contributed by atoms with Crippen molar-refractivity contribution in [2.75, 3.05) is 0 Å². The summed E-state index contributed by atoms with van der Waals surface area (Å²) in [5, 5.41) is 1.35. The first-order valence-electron chi connectivity index (χ1n) is 6.70. The first-order valence-corrected chi connectivity index (χ1v) is 7.52. The van der Waals surface area contributed by atoms with E-state index in [0.29, 0.717) is 5.92 Å². The number of rotatable bonds is 1. The van der Waals surface area contributed by atoms with Gasteiger partial charge in [-0.05, 0) is 36.6 Å². The van der Waals surface area contributed by atoms with Gasteiger partial charge in [0.25, 0.3) is 0 Å². The molecule has 2 N–H and O–H groups in total. The zero-order chi connectivity index (χ0) is 13.6. The van der Waals surface area contributed by atoms with Crippen LogP contribution in [0.5, 0.6) is 0 Å². The fraction of sp³-hybridized carbons (Fsp3) is 0.294. The zero-order valence-corrected chi connectivity index (χ0v) is 12.4. The molecule has 2 aromatic rings. The lowest BCUT2D eigenvalue weighted by atomic mass is 9.99. The van der Waals surface area contributed by atoms with Gasteiger partial charge in [0.2, 0.25) is 0 Å². The molecule has 0 aliphatic heterocycles. The second-order valence-electron chi connectivity index (χ2n) is 5.82. The second-order valence-corrected chi connectivity index (χ2v) is 6.91. The lowest BCUT2D eigenvalue weighted by Crippen LogP contribution is -2.29. The van der Waals surface area contributed by atoms with Crippen LogP contribution in [0.2, 0.25) is 0 Å². The van der Waals surface area contributed by atoms with E-state index < -0.39 is 0 Å². The van der Waals surface area contributed by atoms with E-state index in [2.05, 4.69) is 56.4 Å². The summed E-state index contributed by atoms with van der Waals surface area (Å²) in [5.41, 5.74) is 8.53. The minimum Gasteiger partial charge on any atom is -0.319 e. The molecular formula is C17H19NS. The zero-order valence-electron chi connectivity index (χ0n) is 11.6. The van der Waals surface area contributed by atoms with E-state index in [-0.39, 0.29) is 5.54 Å². The highest BCUT2D eigenvalue weighted by Crippen LogP contribution is 2.37. The van der Waals surface area contributed by atoms with E-state index in [1.165, 1.54) is 26.1 Å². The van der Waals surface area contributed by atoms with Crippen LogP contribution in [-0.4, -0.2) is 5.54 Å². The van der Waals surface area contributed by atoms with E-state index in [1.807, 2.05) is 18.3 Å². The Morgan fingerprint density at radius 3 is 2.63 bits per heavy atom. The van der Waals surface area contributed by atoms with Crippen LogP contribution in [0, 0.1) is 0 Å². The quantitative estimate of drug-likeness (QED) is 0.792. The first kappa shape index (κ1) is 12.6. The van der Waals surface area contributed by atoms with Gasteiger partial charge in [-0.1, -0.05) is 38.1 Å². The Kier molecular flexibility index (Phi) is 2.88. The highest BCUT2D eigenvalue weighted by Gasteiger charge is 2.16. The Balaban J connectivity index is 2.23. The van der Waals surface area contributed by atoms with Gasteiger partial charge in [-0.2, -0.15) is 0 Å². The molecule has 3 rings (SSSR count). The van der Waals surface area contributed by atoms with E-state index >= 15 is 0 Å². The molecule has 1 aliphatic carbocycles. The summed E-state index contributed by atoms with van der Waals surface area (Å²) in [7, 11) is 0. The van der Waals surface area contributed by atoms with E-state index in [4.69, 9.17) is 5.73 Å². The van der Waals surface area contributed by atoms with Crippen molar-refractivity contribution in [3.63, 3.8) is 0 Å². The van der Waals surface area contributed by atoms with Crippen molar-refractivity contribution in [1.82, 2.24) is 0 Å². The minimum atomic E-state index is -0.347. The molecule has 0 saturated carbocycles. The Labute approximate surface area is 118 Å². The average molecular weight is 269 g/mol. The van der Waals surface area contributed by atoms with Crippen LogP contribution < -0.4 is 5.73 Å². The molecule has 1 aliphatic rings. The molecule has 0 radical (unpaired) electrons. The number of hydrogen-bond donors (Lipinski definition) is 1. The van der Waals surface area contributed by atoms with Crippen molar-refractivity contribution in [2.45, 2.75) is 32.2 Å². The molecule has 1 unspecified atom stereocenters. The van der Waals surface area contributed by atoms with Crippen molar-refractivity contribution in [2.24, 2.45) is 5.73 Å². The molecule has 98 valence electrons. The van der Waals surface area contributed by atoms with Gasteiger partial charge in [-0.3, -0.25) is 0 Å². The Morgan fingerprint density at radius 1 is 1.16 bits per heavy atom. The molecule has 0 fully saturated rings. The van der Waals surface area contributed by atoms with Crippen molar-refractivity contribution < 1.29 is 0 Å². The topological polar surface area (TPSA) is 26.0 Å². The van der Waals surface area contributed by atoms with Crippen LogP contribution in [0.15, 0.2) is 30.4 Å². The Hall–Kier alpha value is -1.38. The molecule has 1 aromatic heterocycles. The molecule has 0 amide bonds. The molecule has 1 heterocycles. The summed E-state index contributed by atoms with van der Waals surface area (Å²) in [5.74, 6) is 0.560. The third kappa shape index (κ3) is 2.26. The van der Waals surface area contributed by atoms with E-state index in [9.17, 15) is 0 Å². The minimum absolute atomic E-state index is 0.347. The highest BCUT2D eigenvalue weighted by atomic mass is 32.1.